The summed E-state index contributed by atoms with van der Waals surface area (Å²) in [5.74, 6) is 0.726. The first-order valence-corrected chi connectivity index (χ1v) is 29.5. The van der Waals surface area contributed by atoms with Gasteiger partial charge in [-0.1, -0.05) is 217 Å². The van der Waals surface area contributed by atoms with E-state index in [9.17, 15) is 0 Å². The number of benzene rings is 13. The number of aryl methyl sites for hydroxylation is 3. The minimum atomic E-state index is 0.726. The van der Waals surface area contributed by atoms with Gasteiger partial charge >= 0.3 is 0 Å². The Morgan fingerprint density at radius 1 is 0.256 bits per heavy atom. The highest BCUT2D eigenvalue weighted by Crippen LogP contribution is 2.41. The molecule has 0 amide bonds. The zero-order chi connectivity index (χ0) is 57.7. The Hall–Kier alpha value is -11.1. The smallest absolute Gasteiger partial charge is 0.160 e. The molecule has 0 saturated heterocycles. The van der Waals surface area contributed by atoms with Crippen LogP contribution in [0.2, 0.25) is 0 Å². The molecule has 408 valence electrons. The van der Waals surface area contributed by atoms with Crippen molar-refractivity contribution in [2.24, 2.45) is 0 Å². The van der Waals surface area contributed by atoms with Gasteiger partial charge in [-0.3, -0.25) is 0 Å². The van der Waals surface area contributed by atoms with Crippen LogP contribution in [0, 0.1) is 20.8 Å². The van der Waals surface area contributed by atoms with Gasteiger partial charge in [0, 0.05) is 71.5 Å². The lowest BCUT2D eigenvalue weighted by molar-refractivity contribution is 1.17. The third kappa shape index (κ3) is 9.23. The van der Waals surface area contributed by atoms with E-state index in [1.165, 1.54) is 115 Å². The van der Waals surface area contributed by atoms with Crippen LogP contribution in [0.1, 0.15) is 16.7 Å². The van der Waals surface area contributed by atoms with Gasteiger partial charge in [0.25, 0.3) is 0 Å². The number of para-hydroxylation sites is 4. The van der Waals surface area contributed by atoms with Crippen LogP contribution >= 0.6 is 0 Å². The van der Waals surface area contributed by atoms with Gasteiger partial charge in [0.05, 0.1) is 44.5 Å². The van der Waals surface area contributed by atoms with Gasteiger partial charge in [-0.15, -0.1) is 0 Å². The SMILES string of the molecule is Cc1cc2c3ccccc3n(-c3ccccc3)c2c2ccccc12.Cc1ccc2c(c1)c1c3ccccc3ccc1n2-c1ccccc1.Cc1ccc2c(c1)c1cc(-c3cc(-c4ccccc4)nc(-c4ccccc4)n3)ccc1n2-c1ccccc1. The number of hydrogen-bond acceptors (Lipinski definition) is 2. The normalized spacial score (nSPS) is 11.4. The van der Waals surface area contributed by atoms with E-state index in [0.29, 0.717) is 0 Å². The maximum atomic E-state index is 5.05. The van der Waals surface area contributed by atoms with E-state index >= 15 is 0 Å². The Balaban J connectivity index is 0.000000114. The summed E-state index contributed by atoms with van der Waals surface area (Å²) >= 11 is 0. The van der Waals surface area contributed by atoms with E-state index in [-0.39, 0.29) is 0 Å². The van der Waals surface area contributed by atoms with Crippen LogP contribution in [-0.2, 0) is 0 Å². The highest BCUT2D eigenvalue weighted by molar-refractivity contribution is 6.22. The van der Waals surface area contributed by atoms with Crippen LogP contribution in [0.25, 0.3) is 138 Å². The van der Waals surface area contributed by atoms with Crippen molar-refractivity contribution in [3.8, 4) is 51.0 Å². The molecule has 0 fully saturated rings. The van der Waals surface area contributed by atoms with Gasteiger partial charge in [0.2, 0.25) is 0 Å². The summed E-state index contributed by atoms with van der Waals surface area (Å²) in [4.78, 5) is 10.0. The van der Waals surface area contributed by atoms with E-state index in [1.54, 1.807) is 0 Å². The van der Waals surface area contributed by atoms with Crippen LogP contribution in [-0.4, -0.2) is 23.7 Å². The topological polar surface area (TPSA) is 40.6 Å². The third-order valence-electron chi connectivity index (χ3n) is 16.8. The van der Waals surface area contributed by atoms with Crippen LogP contribution in [0.5, 0.6) is 0 Å². The van der Waals surface area contributed by atoms with Crippen molar-refractivity contribution in [1.29, 1.82) is 0 Å². The molecule has 0 spiro atoms. The molecule has 5 nitrogen and oxygen atoms in total. The van der Waals surface area contributed by atoms with Crippen LogP contribution in [0.15, 0.2) is 303 Å². The molecule has 86 heavy (non-hydrogen) atoms. The van der Waals surface area contributed by atoms with Crippen molar-refractivity contribution in [1.82, 2.24) is 23.7 Å². The highest BCUT2D eigenvalue weighted by Gasteiger charge is 2.19. The second-order valence-electron chi connectivity index (χ2n) is 22.3. The lowest BCUT2D eigenvalue weighted by Crippen LogP contribution is -1.96. The quantitative estimate of drug-likeness (QED) is 0.166. The van der Waals surface area contributed by atoms with Gasteiger partial charge in [0.1, 0.15) is 0 Å². The highest BCUT2D eigenvalue weighted by atomic mass is 15.0. The molecular weight excluding hydrogens is 1040 g/mol. The van der Waals surface area contributed by atoms with Crippen molar-refractivity contribution >= 4 is 87.0 Å². The average Bonchev–Trinajstić information content (AvgIpc) is 2.00. The second-order valence-corrected chi connectivity index (χ2v) is 22.3. The van der Waals surface area contributed by atoms with Crippen molar-refractivity contribution in [2.45, 2.75) is 20.8 Å². The molecule has 17 aromatic rings. The summed E-state index contributed by atoms with van der Waals surface area (Å²) in [6.07, 6.45) is 0. The van der Waals surface area contributed by atoms with Crippen molar-refractivity contribution in [3.63, 3.8) is 0 Å². The summed E-state index contributed by atoms with van der Waals surface area (Å²) < 4.78 is 7.11. The summed E-state index contributed by atoms with van der Waals surface area (Å²) in [7, 11) is 0. The zero-order valence-electron chi connectivity index (χ0n) is 48.1. The molecule has 0 bridgehead atoms. The maximum Gasteiger partial charge on any atom is 0.160 e. The number of rotatable bonds is 6. The first-order valence-electron chi connectivity index (χ1n) is 29.5. The molecule has 13 aromatic carbocycles. The van der Waals surface area contributed by atoms with E-state index in [1.807, 2.05) is 36.4 Å². The third-order valence-corrected chi connectivity index (χ3v) is 16.8. The molecule has 0 aliphatic heterocycles. The van der Waals surface area contributed by atoms with E-state index < -0.39 is 0 Å². The summed E-state index contributed by atoms with van der Waals surface area (Å²) in [6.45, 7) is 6.52. The predicted octanol–water partition coefficient (Wildman–Crippen LogP) is 21.4. The summed E-state index contributed by atoms with van der Waals surface area (Å²) in [5, 5.41) is 13.0. The maximum absolute atomic E-state index is 5.05. The largest absolute Gasteiger partial charge is 0.309 e. The monoisotopic (exact) mass is 1100 g/mol. The number of aromatic nitrogens is 5. The molecule has 0 aliphatic rings. The minimum absolute atomic E-state index is 0.726. The molecule has 0 saturated carbocycles. The van der Waals surface area contributed by atoms with Crippen LogP contribution in [0.4, 0.5) is 0 Å². The van der Waals surface area contributed by atoms with Crippen molar-refractivity contribution in [3.05, 3.63) is 320 Å². The Morgan fingerprint density at radius 2 is 0.698 bits per heavy atom. The Bertz CT molecular complexity index is 5290. The van der Waals surface area contributed by atoms with Gasteiger partial charge in [-0.25, -0.2) is 9.97 Å². The molecule has 0 unspecified atom stereocenters. The van der Waals surface area contributed by atoms with E-state index in [2.05, 4.69) is 301 Å². The van der Waals surface area contributed by atoms with Crippen molar-refractivity contribution < 1.29 is 0 Å². The fourth-order valence-electron chi connectivity index (χ4n) is 12.8. The van der Waals surface area contributed by atoms with Crippen molar-refractivity contribution in [2.75, 3.05) is 0 Å². The molecule has 0 radical (unpaired) electrons. The molecule has 0 aliphatic carbocycles. The van der Waals surface area contributed by atoms with E-state index in [0.717, 1.165) is 39.6 Å². The number of nitrogens with zero attached hydrogens (tertiary/aromatic N) is 5. The average molecular weight is 1100 g/mol. The standard InChI is InChI=1S/C35H25N3.2C23H17N/c1-24-17-19-33-29(21-24)30-22-27(18-20-34(30)38(33)28-15-9-4-10-16-28)32-23-31(25-11-5-2-6-12-25)36-35(37-32)26-13-7-3-8-14-26;1-16-15-21-19-12-7-8-14-22(19)24(17-9-3-2-4-10-17)23(21)20-13-6-5-11-18(16)20;1-16-11-13-21-20(15-16)23-19-10-6-5-7-17(19)12-14-22(23)24(21)18-8-3-2-4-9-18/h2-23H,1H3;2*2-15H,1H3. The number of fused-ring (bicyclic) bond motifs is 13. The van der Waals surface area contributed by atoms with Gasteiger partial charge in [-0.2, -0.15) is 0 Å². The molecule has 0 N–H and O–H groups in total. The van der Waals surface area contributed by atoms with Crippen LogP contribution in [0.3, 0.4) is 0 Å². The fourth-order valence-corrected chi connectivity index (χ4v) is 12.8. The molecular formula is C81H59N5. The Labute approximate surface area is 499 Å². The van der Waals surface area contributed by atoms with Gasteiger partial charge in [-0.05, 0) is 140 Å². The predicted molar refractivity (Wildman–Crippen MR) is 363 cm³/mol. The summed E-state index contributed by atoms with van der Waals surface area (Å²) in [6, 6.07) is 107. The fraction of sp³-hybridized carbons (Fsp3) is 0.0370. The first-order chi connectivity index (χ1) is 42.4. The van der Waals surface area contributed by atoms with Gasteiger partial charge < -0.3 is 13.7 Å². The first kappa shape index (κ1) is 51.7. The minimum Gasteiger partial charge on any atom is -0.309 e. The summed E-state index contributed by atoms with van der Waals surface area (Å²) in [5.41, 5.74) is 19.9. The molecule has 0 atom stereocenters. The number of hydrogen-bond donors (Lipinski definition) is 0. The van der Waals surface area contributed by atoms with Crippen LogP contribution < -0.4 is 0 Å². The zero-order valence-corrected chi connectivity index (χ0v) is 48.1. The second kappa shape index (κ2) is 21.9. The molecule has 5 heteroatoms. The molecule has 4 heterocycles. The Kier molecular flexibility index (Phi) is 13.2. The molecule has 17 rings (SSSR count). The lowest BCUT2D eigenvalue weighted by Gasteiger charge is -2.10. The lowest BCUT2D eigenvalue weighted by atomic mass is 10.0. The molecule has 4 aromatic heterocycles. The van der Waals surface area contributed by atoms with E-state index in [4.69, 9.17) is 9.97 Å². The Morgan fingerprint density at radius 3 is 1.34 bits per heavy atom. The van der Waals surface area contributed by atoms with Gasteiger partial charge in [0.15, 0.2) is 5.82 Å².